The molecule has 4 nitrogen and oxygen atoms in total. The fourth-order valence-corrected chi connectivity index (χ4v) is 4.53. The number of hydrogen-bond acceptors (Lipinski definition) is 4. The van der Waals surface area contributed by atoms with E-state index >= 15 is 0 Å². The standard InChI is InChI=1S/C16H21ClN2O2S/c1-21-15-10-12(2-3-14(15)17)16(20)19-7-5-18(6-8-19)13-4-9-22-11-13/h2-3,10,13H,4-9,11H2,1H3/t13-/m0/s1. The lowest BCUT2D eigenvalue weighted by atomic mass is 10.1. The van der Waals surface area contributed by atoms with E-state index in [1.807, 2.05) is 16.7 Å². The van der Waals surface area contributed by atoms with E-state index in [4.69, 9.17) is 16.3 Å². The summed E-state index contributed by atoms with van der Waals surface area (Å²) in [6.45, 7) is 3.54. The zero-order valence-electron chi connectivity index (χ0n) is 12.8. The van der Waals surface area contributed by atoms with Crippen molar-refractivity contribution < 1.29 is 9.53 Å². The first-order valence-corrected chi connectivity index (χ1v) is 9.17. The Morgan fingerprint density at radius 1 is 1.32 bits per heavy atom. The highest BCUT2D eigenvalue weighted by atomic mass is 35.5. The Balaban J connectivity index is 1.62. The van der Waals surface area contributed by atoms with Crippen molar-refractivity contribution in [2.24, 2.45) is 0 Å². The maximum atomic E-state index is 12.6. The molecule has 2 saturated heterocycles. The predicted octanol–water partition coefficient (Wildman–Crippen LogP) is 2.61. The van der Waals surface area contributed by atoms with Gasteiger partial charge in [0.15, 0.2) is 0 Å². The normalized spacial score (nSPS) is 22.8. The van der Waals surface area contributed by atoms with E-state index in [2.05, 4.69) is 4.90 Å². The van der Waals surface area contributed by atoms with E-state index in [0.717, 1.165) is 26.2 Å². The van der Waals surface area contributed by atoms with E-state index in [1.54, 1.807) is 25.3 Å². The molecule has 1 aromatic carbocycles. The van der Waals surface area contributed by atoms with Gasteiger partial charge in [-0.3, -0.25) is 9.69 Å². The van der Waals surface area contributed by atoms with Crippen LogP contribution in [0.25, 0.3) is 0 Å². The summed E-state index contributed by atoms with van der Waals surface area (Å²) in [6, 6.07) is 5.93. The minimum atomic E-state index is 0.0652. The Kier molecular flexibility index (Phi) is 5.16. The predicted molar refractivity (Wildman–Crippen MR) is 91.2 cm³/mol. The molecular formula is C16H21ClN2O2S. The Hall–Kier alpha value is -0.910. The Labute approximate surface area is 140 Å². The number of amides is 1. The number of thioether (sulfide) groups is 1. The Bertz CT molecular complexity index is 541. The van der Waals surface area contributed by atoms with Crippen LogP contribution in [0.4, 0.5) is 0 Å². The van der Waals surface area contributed by atoms with E-state index in [9.17, 15) is 4.79 Å². The maximum absolute atomic E-state index is 12.6. The van der Waals surface area contributed by atoms with Crippen LogP contribution < -0.4 is 4.74 Å². The van der Waals surface area contributed by atoms with Crippen molar-refractivity contribution in [3.8, 4) is 5.75 Å². The summed E-state index contributed by atoms with van der Waals surface area (Å²) in [6.07, 6.45) is 1.28. The molecular weight excluding hydrogens is 320 g/mol. The molecule has 0 N–H and O–H groups in total. The molecule has 0 aliphatic carbocycles. The molecule has 0 radical (unpaired) electrons. The van der Waals surface area contributed by atoms with Crippen molar-refractivity contribution in [2.75, 3.05) is 44.8 Å². The summed E-state index contributed by atoms with van der Waals surface area (Å²) >= 11 is 8.06. The number of methoxy groups -OCH3 is 1. The monoisotopic (exact) mass is 340 g/mol. The van der Waals surface area contributed by atoms with E-state index in [1.165, 1.54) is 17.9 Å². The van der Waals surface area contributed by atoms with Gasteiger partial charge in [-0.1, -0.05) is 11.6 Å². The smallest absolute Gasteiger partial charge is 0.254 e. The summed E-state index contributed by atoms with van der Waals surface area (Å²) in [5.41, 5.74) is 0.645. The molecule has 1 aromatic rings. The third-order valence-corrected chi connectivity index (χ3v) is 5.88. The summed E-state index contributed by atoms with van der Waals surface area (Å²) in [5.74, 6) is 3.13. The number of nitrogens with zero attached hydrogens (tertiary/aromatic N) is 2. The van der Waals surface area contributed by atoms with Crippen LogP contribution in [-0.4, -0.2) is 66.5 Å². The average molecular weight is 341 g/mol. The maximum Gasteiger partial charge on any atom is 0.254 e. The fourth-order valence-electron chi connectivity index (χ4n) is 3.08. The molecule has 2 aliphatic heterocycles. The molecule has 0 spiro atoms. The number of ether oxygens (including phenoxy) is 1. The molecule has 0 saturated carbocycles. The summed E-state index contributed by atoms with van der Waals surface area (Å²) in [4.78, 5) is 17.1. The third kappa shape index (κ3) is 3.36. The van der Waals surface area contributed by atoms with Crippen molar-refractivity contribution in [3.63, 3.8) is 0 Å². The highest BCUT2D eigenvalue weighted by Crippen LogP contribution is 2.26. The van der Waals surface area contributed by atoms with Crippen LogP contribution in [-0.2, 0) is 0 Å². The van der Waals surface area contributed by atoms with Crippen molar-refractivity contribution in [2.45, 2.75) is 12.5 Å². The average Bonchev–Trinajstić information content (AvgIpc) is 3.09. The van der Waals surface area contributed by atoms with E-state index < -0.39 is 0 Å². The number of rotatable bonds is 3. The van der Waals surface area contributed by atoms with Gasteiger partial charge in [-0.25, -0.2) is 0 Å². The van der Waals surface area contributed by atoms with Crippen molar-refractivity contribution in [1.82, 2.24) is 9.80 Å². The van der Waals surface area contributed by atoms with Gasteiger partial charge in [-0.05, 0) is 30.4 Å². The van der Waals surface area contributed by atoms with E-state index in [0.29, 0.717) is 22.4 Å². The summed E-state index contributed by atoms with van der Waals surface area (Å²) < 4.78 is 5.19. The molecule has 120 valence electrons. The summed E-state index contributed by atoms with van der Waals surface area (Å²) in [7, 11) is 1.56. The van der Waals surface area contributed by atoms with Crippen LogP contribution in [0.1, 0.15) is 16.8 Å². The van der Waals surface area contributed by atoms with Gasteiger partial charge in [0.2, 0.25) is 0 Å². The second-order valence-electron chi connectivity index (χ2n) is 5.69. The van der Waals surface area contributed by atoms with Crippen LogP contribution in [0.2, 0.25) is 5.02 Å². The molecule has 22 heavy (non-hydrogen) atoms. The summed E-state index contributed by atoms with van der Waals surface area (Å²) in [5, 5.41) is 0.530. The number of carbonyl (C=O) groups excluding carboxylic acids is 1. The van der Waals surface area contributed by atoms with Gasteiger partial charge < -0.3 is 9.64 Å². The fraction of sp³-hybridized carbons (Fsp3) is 0.562. The first kappa shape index (κ1) is 16.0. The number of piperazine rings is 1. The first-order chi connectivity index (χ1) is 10.7. The largest absolute Gasteiger partial charge is 0.495 e. The number of hydrogen-bond donors (Lipinski definition) is 0. The molecule has 0 unspecified atom stereocenters. The molecule has 3 rings (SSSR count). The lowest BCUT2D eigenvalue weighted by Crippen LogP contribution is -2.52. The van der Waals surface area contributed by atoms with Crippen molar-refractivity contribution in [1.29, 1.82) is 0 Å². The Morgan fingerprint density at radius 3 is 2.73 bits per heavy atom. The SMILES string of the molecule is COc1cc(C(=O)N2CCN([C@H]3CCSC3)CC2)ccc1Cl. The molecule has 2 fully saturated rings. The van der Waals surface area contributed by atoms with Gasteiger partial charge in [-0.2, -0.15) is 11.8 Å². The molecule has 1 atom stereocenters. The quantitative estimate of drug-likeness (QED) is 0.846. The van der Waals surface area contributed by atoms with E-state index in [-0.39, 0.29) is 5.91 Å². The highest BCUT2D eigenvalue weighted by molar-refractivity contribution is 7.99. The van der Waals surface area contributed by atoms with Gasteiger partial charge in [0.05, 0.1) is 12.1 Å². The van der Waals surface area contributed by atoms with Gasteiger partial charge in [0.25, 0.3) is 5.91 Å². The van der Waals surface area contributed by atoms with Gasteiger partial charge in [0.1, 0.15) is 5.75 Å². The zero-order valence-corrected chi connectivity index (χ0v) is 14.3. The van der Waals surface area contributed by atoms with Gasteiger partial charge in [-0.15, -0.1) is 0 Å². The lowest BCUT2D eigenvalue weighted by molar-refractivity contribution is 0.0588. The molecule has 0 bridgehead atoms. The van der Waals surface area contributed by atoms with Crippen LogP contribution in [0.15, 0.2) is 18.2 Å². The minimum Gasteiger partial charge on any atom is -0.495 e. The van der Waals surface area contributed by atoms with Crippen LogP contribution in [0.5, 0.6) is 5.75 Å². The first-order valence-electron chi connectivity index (χ1n) is 7.63. The second-order valence-corrected chi connectivity index (χ2v) is 7.25. The third-order valence-electron chi connectivity index (χ3n) is 4.42. The topological polar surface area (TPSA) is 32.8 Å². The lowest BCUT2D eigenvalue weighted by Gasteiger charge is -2.37. The Morgan fingerprint density at radius 2 is 2.09 bits per heavy atom. The molecule has 1 amide bonds. The van der Waals surface area contributed by atoms with Gasteiger partial charge >= 0.3 is 0 Å². The van der Waals surface area contributed by atoms with Crippen molar-refractivity contribution >= 4 is 29.3 Å². The van der Waals surface area contributed by atoms with Crippen LogP contribution in [0.3, 0.4) is 0 Å². The number of halogens is 1. The molecule has 6 heteroatoms. The number of carbonyl (C=O) groups is 1. The van der Waals surface area contributed by atoms with Crippen LogP contribution in [0, 0.1) is 0 Å². The number of benzene rings is 1. The minimum absolute atomic E-state index is 0.0652. The van der Waals surface area contributed by atoms with Crippen LogP contribution >= 0.6 is 23.4 Å². The molecule has 2 aliphatic rings. The highest BCUT2D eigenvalue weighted by Gasteiger charge is 2.28. The molecule has 0 aromatic heterocycles. The molecule has 2 heterocycles. The van der Waals surface area contributed by atoms with Crippen molar-refractivity contribution in [3.05, 3.63) is 28.8 Å². The van der Waals surface area contributed by atoms with Gasteiger partial charge in [0, 0.05) is 43.5 Å². The zero-order chi connectivity index (χ0) is 15.5. The second kappa shape index (κ2) is 7.11.